The number of ether oxygens (including phenoxy) is 1. The first-order chi connectivity index (χ1) is 14.9. The normalized spacial score (nSPS) is 13.4. The number of likely N-dealkylation sites (tertiary alicyclic amines) is 1. The zero-order valence-corrected chi connectivity index (χ0v) is 18.8. The summed E-state index contributed by atoms with van der Waals surface area (Å²) in [6.45, 7) is 3.61. The second-order valence-electron chi connectivity index (χ2n) is 7.93. The molecule has 0 saturated carbocycles. The number of aromatic nitrogens is 1. The van der Waals surface area contributed by atoms with Crippen molar-refractivity contribution < 1.29 is 15.8 Å². The number of carbonyl (C=O) groups is 2. The molecule has 31 heavy (non-hydrogen) atoms. The van der Waals surface area contributed by atoms with Crippen LogP contribution in [0, 0.1) is 0 Å². The summed E-state index contributed by atoms with van der Waals surface area (Å²) in [6.07, 6.45) is 5.57. The average molecular weight is 424 g/mol. The van der Waals surface area contributed by atoms with Crippen LogP contribution in [0.2, 0.25) is 0 Å². The van der Waals surface area contributed by atoms with Crippen molar-refractivity contribution in [3.63, 3.8) is 0 Å². The SMILES string of the molecule is CC(=O)N1CCCCC1.COc1ccccc1-c1cc(C(=O)N(C)C)cc2cc[nH]c12.[HH]. The Kier molecular flexibility index (Phi) is 7.34. The number of hydrogen-bond donors (Lipinski definition) is 1. The minimum Gasteiger partial charge on any atom is -0.496 e. The first kappa shape index (κ1) is 22.4. The van der Waals surface area contributed by atoms with Crippen molar-refractivity contribution in [3.05, 3.63) is 54.2 Å². The van der Waals surface area contributed by atoms with Crippen molar-refractivity contribution in [2.45, 2.75) is 26.2 Å². The smallest absolute Gasteiger partial charge is 0.253 e. The van der Waals surface area contributed by atoms with Crippen molar-refractivity contribution in [2.24, 2.45) is 0 Å². The van der Waals surface area contributed by atoms with Crippen LogP contribution in [0.25, 0.3) is 22.0 Å². The van der Waals surface area contributed by atoms with Gasteiger partial charge in [0.15, 0.2) is 0 Å². The third-order valence-corrected chi connectivity index (χ3v) is 5.51. The Bertz CT molecular complexity index is 1060. The van der Waals surface area contributed by atoms with Crippen LogP contribution < -0.4 is 4.74 Å². The Labute approximate surface area is 185 Å². The van der Waals surface area contributed by atoms with E-state index >= 15 is 0 Å². The summed E-state index contributed by atoms with van der Waals surface area (Å²) >= 11 is 0. The number of benzene rings is 2. The fraction of sp³-hybridized carbons (Fsp3) is 0.360. The zero-order chi connectivity index (χ0) is 22.4. The molecule has 1 aliphatic heterocycles. The molecule has 1 aliphatic rings. The lowest BCUT2D eigenvalue weighted by Crippen LogP contribution is -2.33. The molecule has 1 N–H and O–H groups in total. The Balaban J connectivity index is 0.000000307. The van der Waals surface area contributed by atoms with Gasteiger partial charge in [-0.05, 0) is 43.5 Å². The van der Waals surface area contributed by atoms with E-state index in [0.29, 0.717) is 5.56 Å². The molecular formula is C25H33N3O3. The number of H-pyrrole nitrogens is 1. The van der Waals surface area contributed by atoms with Gasteiger partial charge in [-0.15, -0.1) is 0 Å². The molecule has 0 radical (unpaired) electrons. The molecule has 1 saturated heterocycles. The van der Waals surface area contributed by atoms with Crippen molar-refractivity contribution in [3.8, 4) is 16.9 Å². The Hall–Kier alpha value is -3.28. The number of carbonyl (C=O) groups excluding carboxylic acids is 2. The van der Waals surface area contributed by atoms with Crippen LogP contribution in [-0.4, -0.2) is 60.9 Å². The van der Waals surface area contributed by atoms with E-state index in [9.17, 15) is 9.59 Å². The molecule has 2 heterocycles. The van der Waals surface area contributed by atoms with Crippen molar-refractivity contribution in [1.82, 2.24) is 14.8 Å². The van der Waals surface area contributed by atoms with Gasteiger partial charge in [-0.2, -0.15) is 0 Å². The van der Waals surface area contributed by atoms with Crippen LogP contribution in [0.1, 0.15) is 38.0 Å². The molecule has 1 aromatic heterocycles. The number of amides is 2. The third-order valence-electron chi connectivity index (χ3n) is 5.51. The van der Waals surface area contributed by atoms with Gasteiger partial charge in [0.05, 0.1) is 12.6 Å². The highest BCUT2D eigenvalue weighted by Crippen LogP contribution is 2.35. The van der Waals surface area contributed by atoms with Crippen LogP contribution in [0.15, 0.2) is 48.7 Å². The average Bonchev–Trinajstić information content (AvgIpc) is 3.27. The largest absolute Gasteiger partial charge is 0.496 e. The Morgan fingerprint density at radius 2 is 1.74 bits per heavy atom. The number of piperidine rings is 1. The molecule has 0 atom stereocenters. The molecule has 0 spiro atoms. The molecular weight excluding hydrogens is 390 g/mol. The number of nitrogens with zero attached hydrogens (tertiary/aromatic N) is 2. The summed E-state index contributed by atoms with van der Waals surface area (Å²) in [6, 6.07) is 13.6. The molecule has 3 aromatic rings. The maximum absolute atomic E-state index is 12.3. The summed E-state index contributed by atoms with van der Waals surface area (Å²) < 4.78 is 5.46. The van der Waals surface area contributed by atoms with Gasteiger partial charge in [0.2, 0.25) is 5.91 Å². The molecule has 6 heteroatoms. The molecule has 0 aliphatic carbocycles. The number of methoxy groups -OCH3 is 1. The van der Waals surface area contributed by atoms with Crippen LogP contribution in [0.5, 0.6) is 5.75 Å². The van der Waals surface area contributed by atoms with E-state index in [0.717, 1.165) is 40.9 Å². The number of hydrogen-bond acceptors (Lipinski definition) is 3. The fourth-order valence-electron chi connectivity index (χ4n) is 3.84. The molecule has 6 nitrogen and oxygen atoms in total. The van der Waals surface area contributed by atoms with Gasteiger partial charge in [0, 0.05) is 63.8 Å². The van der Waals surface area contributed by atoms with E-state index in [-0.39, 0.29) is 13.2 Å². The molecule has 4 rings (SSSR count). The Morgan fingerprint density at radius 3 is 2.35 bits per heavy atom. The van der Waals surface area contributed by atoms with Crippen LogP contribution >= 0.6 is 0 Å². The second-order valence-corrected chi connectivity index (χ2v) is 7.93. The molecule has 166 valence electrons. The summed E-state index contributed by atoms with van der Waals surface area (Å²) in [5.41, 5.74) is 3.59. The molecule has 0 bridgehead atoms. The summed E-state index contributed by atoms with van der Waals surface area (Å²) in [5.74, 6) is 1.00. The number of para-hydroxylation sites is 1. The monoisotopic (exact) mass is 423 g/mol. The maximum Gasteiger partial charge on any atom is 0.253 e. The number of nitrogens with one attached hydrogen (secondary N) is 1. The van der Waals surface area contributed by atoms with Gasteiger partial charge in [-0.1, -0.05) is 18.2 Å². The standard InChI is InChI=1S/C18H18N2O2.C7H13NO.H2/c1-20(2)18(21)13-10-12-8-9-19-17(12)15(11-13)14-6-4-5-7-16(14)22-3;1-7(9)8-5-3-2-4-6-8;/h4-11,19H,1-3H3;2-6H2,1H3;1H. The highest BCUT2D eigenvalue weighted by Gasteiger charge is 2.16. The molecule has 2 aromatic carbocycles. The van der Waals surface area contributed by atoms with Gasteiger partial charge < -0.3 is 19.5 Å². The van der Waals surface area contributed by atoms with Crippen LogP contribution in [-0.2, 0) is 4.79 Å². The predicted molar refractivity (Wildman–Crippen MR) is 127 cm³/mol. The lowest BCUT2D eigenvalue weighted by Gasteiger charge is -2.24. The molecule has 0 unspecified atom stereocenters. The number of rotatable bonds is 3. The van der Waals surface area contributed by atoms with Crippen LogP contribution in [0.4, 0.5) is 0 Å². The zero-order valence-electron chi connectivity index (χ0n) is 18.8. The highest BCUT2D eigenvalue weighted by atomic mass is 16.5. The summed E-state index contributed by atoms with van der Waals surface area (Å²) in [7, 11) is 5.17. The van der Waals surface area contributed by atoms with E-state index in [1.54, 1.807) is 33.0 Å². The lowest BCUT2D eigenvalue weighted by atomic mass is 9.98. The van der Waals surface area contributed by atoms with Gasteiger partial charge in [-0.25, -0.2) is 0 Å². The summed E-state index contributed by atoms with van der Waals surface area (Å²) in [5, 5.41) is 1.01. The van der Waals surface area contributed by atoms with E-state index in [2.05, 4.69) is 4.98 Å². The quantitative estimate of drug-likeness (QED) is 0.657. The second kappa shape index (κ2) is 10.2. The summed E-state index contributed by atoms with van der Waals surface area (Å²) in [4.78, 5) is 29.8. The van der Waals surface area contributed by atoms with Gasteiger partial charge in [-0.3, -0.25) is 9.59 Å². The Morgan fingerprint density at radius 1 is 1.03 bits per heavy atom. The lowest BCUT2D eigenvalue weighted by molar-refractivity contribution is -0.129. The first-order valence-corrected chi connectivity index (χ1v) is 10.6. The van der Waals surface area contributed by atoms with Gasteiger partial charge in [0.25, 0.3) is 5.91 Å². The van der Waals surface area contributed by atoms with Crippen molar-refractivity contribution in [2.75, 3.05) is 34.3 Å². The minimum absolute atomic E-state index is 0. The highest BCUT2D eigenvalue weighted by molar-refractivity contribution is 6.04. The predicted octanol–water partition coefficient (Wildman–Crippen LogP) is 4.81. The van der Waals surface area contributed by atoms with Crippen molar-refractivity contribution in [1.29, 1.82) is 0 Å². The van der Waals surface area contributed by atoms with E-state index in [1.807, 2.05) is 53.6 Å². The van der Waals surface area contributed by atoms with E-state index < -0.39 is 0 Å². The first-order valence-electron chi connectivity index (χ1n) is 10.6. The third kappa shape index (κ3) is 5.26. The molecule has 1 fully saturated rings. The molecule has 2 amide bonds. The number of aromatic amines is 1. The van der Waals surface area contributed by atoms with Crippen molar-refractivity contribution >= 4 is 22.7 Å². The van der Waals surface area contributed by atoms with E-state index in [4.69, 9.17) is 4.74 Å². The van der Waals surface area contributed by atoms with Crippen LogP contribution in [0.3, 0.4) is 0 Å². The number of fused-ring (bicyclic) bond motifs is 1. The van der Waals surface area contributed by atoms with E-state index in [1.165, 1.54) is 19.3 Å². The maximum atomic E-state index is 12.3. The van der Waals surface area contributed by atoms with Gasteiger partial charge >= 0.3 is 0 Å². The van der Waals surface area contributed by atoms with Gasteiger partial charge in [0.1, 0.15) is 5.75 Å². The topological polar surface area (TPSA) is 65.6 Å². The fourth-order valence-corrected chi connectivity index (χ4v) is 3.84. The minimum atomic E-state index is -0.0146.